The third-order valence-electron chi connectivity index (χ3n) is 5.15. The van der Waals surface area contributed by atoms with Crippen LogP contribution >= 0.6 is 0 Å². The molecule has 1 amide bonds. The SMILES string of the molecule is CC(=NC(=O)c1ccc2c(Oc3ccc(C(F)(F)F)cc3)cccc2c1)C1CNC1. The average molecular weight is 412 g/mol. The van der Waals surface area contributed by atoms with Gasteiger partial charge >= 0.3 is 6.18 Å². The van der Waals surface area contributed by atoms with Gasteiger partial charge in [0.2, 0.25) is 0 Å². The Bertz CT molecular complexity index is 1120. The molecule has 1 aliphatic heterocycles. The number of amides is 1. The maximum atomic E-state index is 12.7. The Morgan fingerprint density at radius 2 is 1.80 bits per heavy atom. The molecule has 1 fully saturated rings. The predicted molar refractivity (Wildman–Crippen MR) is 109 cm³/mol. The highest BCUT2D eigenvalue weighted by Crippen LogP contribution is 2.33. The molecule has 0 spiro atoms. The molecule has 7 heteroatoms. The van der Waals surface area contributed by atoms with Gasteiger partial charge in [-0.3, -0.25) is 4.79 Å². The standard InChI is InChI=1S/C23H19F3N2O2/c1-14(17-12-27-13-17)28-22(29)16-5-10-20-15(11-16)3-2-4-21(20)30-19-8-6-18(7-9-19)23(24,25)26/h2-11,17,27H,12-13H2,1H3. The molecule has 3 aromatic rings. The zero-order valence-electron chi connectivity index (χ0n) is 16.2. The van der Waals surface area contributed by atoms with Crippen LogP contribution < -0.4 is 10.1 Å². The zero-order valence-corrected chi connectivity index (χ0v) is 16.2. The van der Waals surface area contributed by atoms with E-state index in [2.05, 4.69) is 10.3 Å². The monoisotopic (exact) mass is 412 g/mol. The molecule has 154 valence electrons. The fourth-order valence-corrected chi connectivity index (χ4v) is 3.22. The Morgan fingerprint density at radius 1 is 1.07 bits per heavy atom. The maximum absolute atomic E-state index is 12.7. The second-order valence-electron chi connectivity index (χ2n) is 7.23. The van der Waals surface area contributed by atoms with Gasteiger partial charge in [0.25, 0.3) is 5.91 Å². The Morgan fingerprint density at radius 3 is 2.43 bits per heavy atom. The van der Waals surface area contributed by atoms with Crippen molar-refractivity contribution in [2.24, 2.45) is 10.9 Å². The smallest absolute Gasteiger partial charge is 0.416 e. The molecule has 1 aliphatic rings. The Balaban J connectivity index is 1.57. The summed E-state index contributed by atoms with van der Waals surface area (Å²) >= 11 is 0. The number of fused-ring (bicyclic) bond motifs is 1. The first-order valence-corrected chi connectivity index (χ1v) is 9.49. The van der Waals surface area contributed by atoms with Crippen LogP contribution in [0.1, 0.15) is 22.8 Å². The number of hydrogen-bond donors (Lipinski definition) is 1. The molecular weight excluding hydrogens is 393 g/mol. The van der Waals surface area contributed by atoms with E-state index in [0.29, 0.717) is 23.0 Å². The van der Waals surface area contributed by atoms with Gasteiger partial charge in [-0.05, 0) is 60.8 Å². The lowest BCUT2D eigenvalue weighted by molar-refractivity contribution is -0.137. The van der Waals surface area contributed by atoms with Gasteiger partial charge in [0.1, 0.15) is 11.5 Å². The Labute approximate surface area is 171 Å². The number of rotatable bonds is 4. The highest BCUT2D eigenvalue weighted by atomic mass is 19.4. The molecule has 1 saturated heterocycles. The molecule has 0 saturated carbocycles. The van der Waals surface area contributed by atoms with E-state index in [0.717, 1.165) is 41.7 Å². The zero-order chi connectivity index (χ0) is 21.3. The lowest BCUT2D eigenvalue weighted by Crippen LogP contribution is -2.45. The molecule has 30 heavy (non-hydrogen) atoms. The molecule has 4 rings (SSSR count). The van der Waals surface area contributed by atoms with Crippen molar-refractivity contribution >= 4 is 22.4 Å². The summed E-state index contributed by atoms with van der Waals surface area (Å²) in [6.07, 6.45) is -4.39. The van der Waals surface area contributed by atoms with Gasteiger partial charge in [0.05, 0.1) is 5.56 Å². The molecule has 4 nitrogen and oxygen atoms in total. The Hall–Kier alpha value is -3.19. The lowest BCUT2D eigenvalue weighted by Gasteiger charge is -2.26. The van der Waals surface area contributed by atoms with Crippen LogP contribution in [-0.4, -0.2) is 24.7 Å². The van der Waals surface area contributed by atoms with E-state index in [4.69, 9.17) is 4.74 Å². The van der Waals surface area contributed by atoms with E-state index < -0.39 is 11.7 Å². The summed E-state index contributed by atoms with van der Waals surface area (Å²) in [5.41, 5.74) is 0.559. The van der Waals surface area contributed by atoms with Crippen LogP contribution in [0.2, 0.25) is 0 Å². The van der Waals surface area contributed by atoms with E-state index in [1.807, 2.05) is 13.0 Å². The van der Waals surface area contributed by atoms with Crippen molar-refractivity contribution < 1.29 is 22.7 Å². The minimum absolute atomic E-state index is 0.296. The number of alkyl halides is 3. The highest BCUT2D eigenvalue weighted by molar-refractivity contribution is 6.06. The lowest BCUT2D eigenvalue weighted by atomic mass is 9.98. The minimum atomic E-state index is -4.39. The van der Waals surface area contributed by atoms with Gasteiger partial charge in [0.15, 0.2) is 0 Å². The second-order valence-corrected chi connectivity index (χ2v) is 7.23. The van der Waals surface area contributed by atoms with Gasteiger partial charge in [-0.15, -0.1) is 0 Å². The first kappa shape index (κ1) is 20.1. The molecular formula is C23H19F3N2O2. The normalized spacial score (nSPS) is 15.1. The third kappa shape index (κ3) is 4.21. The summed E-state index contributed by atoms with van der Waals surface area (Å²) in [6, 6.07) is 15.1. The van der Waals surface area contributed by atoms with Crippen LogP contribution in [0.4, 0.5) is 13.2 Å². The quantitative estimate of drug-likeness (QED) is 0.578. The van der Waals surface area contributed by atoms with Gasteiger partial charge in [-0.25, -0.2) is 4.99 Å². The predicted octanol–water partition coefficient (Wildman–Crippen LogP) is 5.47. The number of carbonyl (C=O) groups excluding carboxylic acids is 1. The van der Waals surface area contributed by atoms with Crippen molar-refractivity contribution in [1.82, 2.24) is 5.32 Å². The van der Waals surface area contributed by atoms with Gasteiger partial charge in [0, 0.05) is 35.7 Å². The molecule has 0 atom stereocenters. The topological polar surface area (TPSA) is 50.7 Å². The number of nitrogens with zero attached hydrogens (tertiary/aromatic N) is 1. The molecule has 0 aliphatic carbocycles. The van der Waals surface area contributed by atoms with E-state index in [-0.39, 0.29) is 5.91 Å². The summed E-state index contributed by atoms with van der Waals surface area (Å²) in [5.74, 6) is 0.796. The third-order valence-corrected chi connectivity index (χ3v) is 5.15. The molecule has 0 aromatic heterocycles. The van der Waals surface area contributed by atoms with Crippen LogP contribution in [0.3, 0.4) is 0 Å². The van der Waals surface area contributed by atoms with Gasteiger partial charge in [-0.2, -0.15) is 13.2 Å². The van der Waals surface area contributed by atoms with Crippen molar-refractivity contribution in [2.75, 3.05) is 13.1 Å². The van der Waals surface area contributed by atoms with E-state index >= 15 is 0 Å². The van der Waals surface area contributed by atoms with E-state index in [9.17, 15) is 18.0 Å². The van der Waals surface area contributed by atoms with E-state index in [1.165, 1.54) is 12.1 Å². The molecule has 1 heterocycles. The highest BCUT2D eigenvalue weighted by Gasteiger charge is 2.30. The fraction of sp³-hybridized carbons (Fsp3) is 0.217. The summed E-state index contributed by atoms with van der Waals surface area (Å²) in [6.45, 7) is 3.54. The number of carbonyl (C=O) groups is 1. The van der Waals surface area contributed by atoms with Crippen molar-refractivity contribution in [2.45, 2.75) is 13.1 Å². The van der Waals surface area contributed by atoms with Gasteiger partial charge < -0.3 is 10.1 Å². The number of benzene rings is 3. The number of hydrogen-bond acceptors (Lipinski definition) is 3. The molecule has 0 radical (unpaired) electrons. The van der Waals surface area contributed by atoms with E-state index in [1.54, 1.807) is 30.3 Å². The fourth-order valence-electron chi connectivity index (χ4n) is 3.22. The summed E-state index contributed by atoms with van der Waals surface area (Å²) in [7, 11) is 0. The maximum Gasteiger partial charge on any atom is 0.416 e. The first-order valence-electron chi connectivity index (χ1n) is 9.49. The average Bonchev–Trinajstić information content (AvgIpc) is 2.66. The molecule has 0 bridgehead atoms. The van der Waals surface area contributed by atoms with Crippen LogP contribution in [-0.2, 0) is 6.18 Å². The molecule has 0 unspecified atom stereocenters. The number of aliphatic imine (C=N–C) groups is 1. The number of nitrogens with one attached hydrogen (secondary N) is 1. The van der Waals surface area contributed by atoms with Crippen molar-refractivity contribution in [3.05, 3.63) is 71.8 Å². The van der Waals surface area contributed by atoms with Crippen LogP contribution in [0, 0.1) is 5.92 Å². The van der Waals surface area contributed by atoms with Crippen molar-refractivity contribution in [3.63, 3.8) is 0 Å². The first-order chi connectivity index (χ1) is 14.3. The number of ether oxygens (including phenoxy) is 1. The van der Waals surface area contributed by atoms with Crippen molar-refractivity contribution in [1.29, 1.82) is 0 Å². The minimum Gasteiger partial charge on any atom is -0.457 e. The molecule has 3 aromatic carbocycles. The Kier molecular flexibility index (Phi) is 5.30. The summed E-state index contributed by atoms with van der Waals surface area (Å²) in [5, 5.41) is 4.68. The van der Waals surface area contributed by atoms with Crippen LogP contribution in [0.5, 0.6) is 11.5 Å². The van der Waals surface area contributed by atoms with Crippen molar-refractivity contribution in [3.8, 4) is 11.5 Å². The van der Waals surface area contributed by atoms with Crippen LogP contribution in [0.25, 0.3) is 10.8 Å². The number of halogens is 3. The second kappa shape index (κ2) is 7.91. The van der Waals surface area contributed by atoms with Gasteiger partial charge in [-0.1, -0.05) is 12.1 Å². The summed E-state index contributed by atoms with van der Waals surface area (Å²) < 4.78 is 44.0. The van der Waals surface area contributed by atoms with Crippen LogP contribution in [0.15, 0.2) is 65.7 Å². The largest absolute Gasteiger partial charge is 0.457 e. The summed E-state index contributed by atoms with van der Waals surface area (Å²) in [4.78, 5) is 16.7. The molecule has 1 N–H and O–H groups in total.